The smallest absolute Gasteiger partial charge is 0.119 e. The average Bonchev–Trinajstić information content (AvgIpc) is 2.37. The fraction of sp³-hybridized carbons (Fsp3) is 0.200. The van der Waals surface area contributed by atoms with E-state index in [1.807, 2.05) is 36.4 Å². The van der Waals surface area contributed by atoms with E-state index in [0.29, 0.717) is 16.5 Å². The molecule has 4 heteroatoms. The number of nitrogens with two attached hydrogens (primary N) is 1. The van der Waals surface area contributed by atoms with E-state index in [4.69, 9.17) is 33.7 Å². The summed E-state index contributed by atoms with van der Waals surface area (Å²) in [7, 11) is 1.65. The highest BCUT2D eigenvalue weighted by Crippen LogP contribution is 2.25. The van der Waals surface area contributed by atoms with Gasteiger partial charge in [0.15, 0.2) is 0 Å². The van der Waals surface area contributed by atoms with Gasteiger partial charge in [0.05, 0.1) is 7.11 Å². The molecule has 0 aliphatic heterocycles. The molecule has 0 amide bonds. The second-order valence-electron chi connectivity index (χ2n) is 4.36. The summed E-state index contributed by atoms with van der Waals surface area (Å²) < 4.78 is 5.20. The van der Waals surface area contributed by atoms with Crippen molar-refractivity contribution >= 4 is 23.2 Å². The quantitative estimate of drug-likeness (QED) is 0.915. The predicted octanol–water partition coefficient (Wildman–Crippen LogP) is 4.24. The number of methoxy groups -OCH3 is 1. The van der Waals surface area contributed by atoms with Crippen molar-refractivity contribution in [3.05, 3.63) is 63.6 Å². The molecule has 2 aromatic rings. The van der Waals surface area contributed by atoms with E-state index in [1.54, 1.807) is 13.2 Å². The Balaban J connectivity index is 2.17. The number of benzene rings is 2. The molecule has 100 valence electrons. The number of rotatable bonds is 4. The zero-order valence-corrected chi connectivity index (χ0v) is 12.1. The molecule has 0 saturated heterocycles. The standard InChI is InChI=1S/C15H15Cl2NO/c1-19-14-4-2-3-10(5-14)6-15(18)11-7-12(16)9-13(17)8-11/h2-5,7-9,15H,6,18H2,1H3. The van der Waals surface area contributed by atoms with Crippen LogP contribution in [-0.4, -0.2) is 7.11 Å². The average molecular weight is 296 g/mol. The lowest BCUT2D eigenvalue weighted by atomic mass is 9.99. The molecule has 2 aromatic carbocycles. The zero-order valence-electron chi connectivity index (χ0n) is 10.6. The fourth-order valence-corrected chi connectivity index (χ4v) is 2.50. The Labute approximate surface area is 123 Å². The van der Waals surface area contributed by atoms with E-state index >= 15 is 0 Å². The Kier molecular flexibility index (Phi) is 4.70. The molecule has 2 N–H and O–H groups in total. The SMILES string of the molecule is COc1cccc(CC(N)c2cc(Cl)cc(Cl)c2)c1. The number of hydrogen-bond donors (Lipinski definition) is 1. The maximum Gasteiger partial charge on any atom is 0.119 e. The van der Waals surface area contributed by atoms with Crippen molar-refractivity contribution in [2.75, 3.05) is 7.11 Å². The van der Waals surface area contributed by atoms with Crippen LogP contribution in [0.2, 0.25) is 10.0 Å². The van der Waals surface area contributed by atoms with Gasteiger partial charge in [0.25, 0.3) is 0 Å². The monoisotopic (exact) mass is 295 g/mol. The molecule has 2 rings (SSSR count). The van der Waals surface area contributed by atoms with E-state index in [-0.39, 0.29) is 6.04 Å². The summed E-state index contributed by atoms with van der Waals surface area (Å²) in [5.41, 5.74) is 8.24. The summed E-state index contributed by atoms with van der Waals surface area (Å²) in [5, 5.41) is 1.20. The van der Waals surface area contributed by atoms with Crippen LogP contribution in [0.1, 0.15) is 17.2 Å². The molecular weight excluding hydrogens is 281 g/mol. The van der Waals surface area contributed by atoms with E-state index < -0.39 is 0 Å². The zero-order chi connectivity index (χ0) is 13.8. The van der Waals surface area contributed by atoms with E-state index in [1.165, 1.54) is 0 Å². The first kappa shape index (κ1) is 14.2. The van der Waals surface area contributed by atoms with Gasteiger partial charge in [-0.1, -0.05) is 35.3 Å². The third-order valence-corrected chi connectivity index (χ3v) is 3.34. The summed E-state index contributed by atoms with van der Waals surface area (Å²) in [5.74, 6) is 0.828. The second-order valence-corrected chi connectivity index (χ2v) is 5.24. The number of hydrogen-bond acceptors (Lipinski definition) is 2. The number of halogens is 2. The normalized spacial score (nSPS) is 12.2. The van der Waals surface area contributed by atoms with E-state index in [2.05, 4.69) is 0 Å². The first-order chi connectivity index (χ1) is 9.08. The van der Waals surface area contributed by atoms with Crippen molar-refractivity contribution in [1.29, 1.82) is 0 Å². The van der Waals surface area contributed by atoms with Crippen molar-refractivity contribution in [3.63, 3.8) is 0 Å². The largest absolute Gasteiger partial charge is 0.497 e. The highest BCUT2D eigenvalue weighted by Gasteiger charge is 2.09. The Morgan fingerprint density at radius 1 is 1.11 bits per heavy atom. The van der Waals surface area contributed by atoms with Crippen LogP contribution in [0.25, 0.3) is 0 Å². The minimum atomic E-state index is -0.150. The van der Waals surface area contributed by atoms with Crippen LogP contribution in [0.15, 0.2) is 42.5 Å². The number of ether oxygens (including phenoxy) is 1. The Morgan fingerprint density at radius 2 is 1.79 bits per heavy atom. The first-order valence-corrected chi connectivity index (χ1v) is 6.68. The molecule has 0 saturated carbocycles. The summed E-state index contributed by atoms with van der Waals surface area (Å²) >= 11 is 12.0. The molecule has 19 heavy (non-hydrogen) atoms. The Morgan fingerprint density at radius 3 is 2.42 bits per heavy atom. The maximum atomic E-state index is 6.20. The highest BCUT2D eigenvalue weighted by molar-refractivity contribution is 6.34. The molecular formula is C15H15Cl2NO. The van der Waals surface area contributed by atoms with Crippen molar-refractivity contribution in [2.24, 2.45) is 5.73 Å². The lowest BCUT2D eigenvalue weighted by Crippen LogP contribution is -2.13. The minimum Gasteiger partial charge on any atom is -0.497 e. The van der Waals surface area contributed by atoms with Crippen LogP contribution in [0.4, 0.5) is 0 Å². The lowest BCUT2D eigenvalue weighted by Gasteiger charge is -2.13. The van der Waals surface area contributed by atoms with Gasteiger partial charge in [0.1, 0.15) is 5.75 Å². The summed E-state index contributed by atoms with van der Waals surface area (Å²) in [6, 6.07) is 13.1. The van der Waals surface area contributed by atoms with Crippen molar-refractivity contribution < 1.29 is 4.74 Å². The van der Waals surface area contributed by atoms with Crippen LogP contribution < -0.4 is 10.5 Å². The lowest BCUT2D eigenvalue weighted by molar-refractivity contribution is 0.414. The van der Waals surface area contributed by atoms with Gasteiger partial charge in [-0.3, -0.25) is 0 Å². The topological polar surface area (TPSA) is 35.2 Å². The van der Waals surface area contributed by atoms with Crippen LogP contribution in [0, 0.1) is 0 Å². The van der Waals surface area contributed by atoms with Gasteiger partial charge in [0, 0.05) is 16.1 Å². The third kappa shape index (κ3) is 3.87. The molecule has 0 aliphatic rings. The van der Waals surface area contributed by atoms with Gasteiger partial charge in [-0.2, -0.15) is 0 Å². The molecule has 0 spiro atoms. The van der Waals surface area contributed by atoms with Crippen molar-refractivity contribution in [3.8, 4) is 5.75 Å². The molecule has 0 aromatic heterocycles. The molecule has 0 radical (unpaired) electrons. The molecule has 0 bridgehead atoms. The van der Waals surface area contributed by atoms with Crippen molar-refractivity contribution in [1.82, 2.24) is 0 Å². The minimum absolute atomic E-state index is 0.150. The van der Waals surface area contributed by atoms with Gasteiger partial charge in [-0.15, -0.1) is 0 Å². The molecule has 2 nitrogen and oxygen atoms in total. The highest BCUT2D eigenvalue weighted by atomic mass is 35.5. The third-order valence-electron chi connectivity index (χ3n) is 2.90. The van der Waals surface area contributed by atoms with Crippen molar-refractivity contribution in [2.45, 2.75) is 12.5 Å². The van der Waals surface area contributed by atoms with Crippen LogP contribution in [-0.2, 0) is 6.42 Å². The predicted molar refractivity (Wildman–Crippen MR) is 80.1 cm³/mol. The molecule has 0 aliphatic carbocycles. The Hall–Kier alpha value is -1.22. The summed E-state index contributed by atoms with van der Waals surface area (Å²) in [6.07, 6.45) is 0.702. The van der Waals surface area contributed by atoms with Gasteiger partial charge in [-0.25, -0.2) is 0 Å². The first-order valence-electron chi connectivity index (χ1n) is 5.93. The van der Waals surface area contributed by atoms with E-state index in [0.717, 1.165) is 16.9 Å². The van der Waals surface area contributed by atoms with Crippen LogP contribution in [0.3, 0.4) is 0 Å². The fourth-order valence-electron chi connectivity index (χ4n) is 1.96. The second kappa shape index (κ2) is 6.29. The maximum absolute atomic E-state index is 6.20. The van der Waals surface area contributed by atoms with Gasteiger partial charge in [0.2, 0.25) is 0 Å². The van der Waals surface area contributed by atoms with Gasteiger partial charge < -0.3 is 10.5 Å². The van der Waals surface area contributed by atoms with Gasteiger partial charge in [-0.05, 0) is 47.9 Å². The summed E-state index contributed by atoms with van der Waals surface area (Å²) in [4.78, 5) is 0. The summed E-state index contributed by atoms with van der Waals surface area (Å²) in [6.45, 7) is 0. The molecule has 1 atom stereocenters. The Bertz CT molecular complexity index is 552. The molecule has 0 heterocycles. The van der Waals surface area contributed by atoms with Crippen LogP contribution >= 0.6 is 23.2 Å². The molecule has 1 unspecified atom stereocenters. The van der Waals surface area contributed by atoms with Crippen LogP contribution in [0.5, 0.6) is 5.75 Å². The molecule has 0 fully saturated rings. The van der Waals surface area contributed by atoms with E-state index in [9.17, 15) is 0 Å². The van der Waals surface area contributed by atoms with Gasteiger partial charge >= 0.3 is 0 Å².